The molecule has 2 aromatic heterocycles. The van der Waals surface area contributed by atoms with Gasteiger partial charge in [-0.15, -0.1) is 0 Å². The summed E-state index contributed by atoms with van der Waals surface area (Å²) < 4.78 is 4.95. The molecule has 4 saturated carbocycles. The molecule has 5 aliphatic carbocycles. The molecule has 2 heteroatoms. The van der Waals surface area contributed by atoms with Crippen LogP contribution in [0.2, 0.25) is 0 Å². The Hall–Kier alpha value is -5.86. The predicted octanol–water partition coefficient (Wildman–Crippen LogP) is 13.3. The average Bonchev–Trinajstić information content (AvgIpc) is 3.83. The van der Waals surface area contributed by atoms with E-state index in [1.165, 1.54) is 109 Å². The Morgan fingerprint density at radius 2 is 0.889 bits per heavy atom. The van der Waals surface area contributed by atoms with Crippen LogP contribution in [0, 0.1) is 23.7 Å². The van der Waals surface area contributed by atoms with Gasteiger partial charge in [0.15, 0.2) is 0 Å². The maximum absolute atomic E-state index is 2.63. The number of fused-ring (bicyclic) bond motifs is 9. The van der Waals surface area contributed by atoms with Gasteiger partial charge in [0.05, 0.1) is 22.1 Å². The van der Waals surface area contributed by atoms with Gasteiger partial charge in [0.25, 0.3) is 0 Å². The van der Waals surface area contributed by atoms with Crippen LogP contribution in [0.25, 0.3) is 77.2 Å². The normalized spacial score (nSPS) is 23.6. The monoisotopic (exact) mass is 692 g/mol. The van der Waals surface area contributed by atoms with Gasteiger partial charge in [-0.1, -0.05) is 97.1 Å². The van der Waals surface area contributed by atoms with Gasteiger partial charge in [0.1, 0.15) is 0 Å². The van der Waals surface area contributed by atoms with E-state index in [0.29, 0.717) is 0 Å². The van der Waals surface area contributed by atoms with Crippen molar-refractivity contribution in [3.63, 3.8) is 0 Å². The van der Waals surface area contributed by atoms with E-state index in [9.17, 15) is 0 Å². The molecule has 0 saturated heterocycles. The summed E-state index contributed by atoms with van der Waals surface area (Å²) in [5.41, 5.74) is 16.4. The summed E-state index contributed by atoms with van der Waals surface area (Å²) in [5.74, 6) is 3.39. The fraction of sp³-hybridized carbons (Fsp3) is 0.192. The van der Waals surface area contributed by atoms with E-state index >= 15 is 0 Å². The van der Waals surface area contributed by atoms with Gasteiger partial charge in [-0.05, 0) is 150 Å². The number of benzene rings is 7. The summed E-state index contributed by atoms with van der Waals surface area (Å²) in [5, 5.41) is 5.19. The third-order valence-electron chi connectivity index (χ3n) is 14.5. The second kappa shape index (κ2) is 10.6. The van der Waals surface area contributed by atoms with Crippen LogP contribution < -0.4 is 0 Å². The summed E-state index contributed by atoms with van der Waals surface area (Å²) in [6.45, 7) is 0. The fourth-order valence-electron chi connectivity index (χ4n) is 12.7. The molecule has 4 fully saturated rings. The smallest absolute Gasteiger partial charge is 0.0541 e. The van der Waals surface area contributed by atoms with Crippen LogP contribution in [0.1, 0.15) is 43.2 Å². The number of para-hydroxylation sites is 3. The van der Waals surface area contributed by atoms with E-state index in [-0.39, 0.29) is 5.41 Å². The van der Waals surface area contributed by atoms with E-state index in [4.69, 9.17) is 0 Å². The van der Waals surface area contributed by atoms with Crippen molar-refractivity contribution in [2.24, 2.45) is 23.7 Å². The van der Waals surface area contributed by atoms with Crippen LogP contribution in [0.3, 0.4) is 0 Å². The minimum atomic E-state index is 0.156. The number of hydrogen-bond acceptors (Lipinski definition) is 0. The first-order valence-corrected chi connectivity index (χ1v) is 20.1. The molecular formula is C52H40N2. The lowest BCUT2D eigenvalue weighted by molar-refractivity contribution is -0.0399. The van der Waals surface area contributed by atoms with Crippen molar-refractivity contribution < 1.29 is 0 Å². The summed E-state index contributed by atoms with van der Waals surface area (Å²) in [7, 11) is 0. The van der Waals surface area contributed by atoms with Gasteiger partial charge in [-0.2, -0.15) is 0 Å². The highest BCUT2D eigenvalue weighted by atomic mass is 15.0. The third kappa shape index (κ3) is 3.76. The van der Waals surface area contributed by atoms with Crippen molar-refractivity contribution in [3.05, 3.63) is 169 Å². The van der Waals surface area contributed by atoms with Crippen molar-refractivity contribution in [2.45, 2.75) is 37.5 Å². The van der Waals surface area contributed by atoms with E-state index in [1.807, 2.05) is 0 Å². The van der Waals surface area contributed by atoms with Gasteiger partial charge in [-0.25, -0.2) is 0 Å². The Balaban J connectivity index is 0.987. The lowest BCUT2D eigenvalue weighted by Gasteiger charge is -2.61. The summed E-state index contributed by atoms with van der Waals surface area (Å²) in [6.07, 6.45) is 7.10. The van der Waals surface area contributed by atoms with Gasteiger partial charge < -0.3 is 9.13 Å². The fourth-order valence-corrected chi connectivity index (χ4v) is 12.7. The maximum Gasteiger partial charge on any atom is 0.0541 e. The molecular weight excluding hydrogens is 653 g/mol. The largest absolute Gasteiger partial charge is 0.309 e. The first-order chi connectivity index (χ1) is 26.7. The third-order valence-corrected chi connectivity index (χ3v) is 14.5. The molecule has 14 rings (SSSR count). The van der Waals surface area contributed by atoms with Crippen LogP contribution in [-0.2, 0) is 5.41 Å². The summed E-state index contributed by atoms with van der Waals surface area (Å²) in [4.78, 5) is 0. The molecule has 258 valence electrons. The molecule has 2 nitrogen and oxygen atoms in total. The SMILES string of the molecule is c1ccc(-n2c3ccccc3c3cc(-c4ccc5c(c4)c4ccccc4n5-c4ccc5c(c4)C4(c6ccccc6-5)C5CC6CC(C5)CC4C6)ccc32)cc1. The minimum Gasteiger partial charge on any atom is -0.309 e. The van der Waals surface area contributed by atoms with E-state index in [2.05, 4.69) is 167 Å². The van der Waals surface area contributed by atoms with Crippen LogP contribution in [0.15, 0.2) is 158 Å². The van der Waals surface area contributed by atoms with Gasteiger partial charge in [0, 0.05) is 38.3 Å². The Morgan fingerprint density at radius 1 is 0.370 bits per heavy atom. The Morgan fingerprint density at radius 3 is 1.54 bits per heavy atom. The van der Waals surface area contributed by atoms with Crippen LogP contribution in [0.4, 0.5) is 0 Å². The molecule has 4 bridgehead atoms. The highest BCUT2D eigenvalue weighted by Gasteiger charge is 2.61. The topological polar surface area (TPSA) is 9.86 Å². The zero-order valence-electron chi connectivity index (χ0n) is 30.3. The van der Waals surface area contributed by atoms with E-state index in [1.54, 1.807) is 11.1 Å². The first kappa shape index (κ1) is 29.6. The van der Waals surface area contributed by atoms with Crippen LogP contribution in [0.5, 0.6) is 0 Å². The quantitative estimate of drug-likeness (QED) is 0.174. The highest BCUT2D eigenvalue weighted by Crippen LogP contribution is 2.69. The van der Waals surface area contributed by atoms with Crippen molar-refractivity contribution in [3.8, 4) is 33.6 Å². The molecule has 54 heavy (non-hydrogen) atoms. The average molecular weight is 693 g/mol. The molecule has 5 aliphatic rings. The first-order valence-electron chi connectivity index (χ1n) is 20.1. The zero-order chi connectivity index (χ0) is 35.1. The molecule has 0 radical (unpaired) electrons. The van der Waals surface area contributed by atoms with E-state index < -0.39 is 0 Å². The molecule has 0 N–H and O–H groups in total. The molecule has 0 unspecified atom stereocenters. The highest BCUT2D eigenvalue weighted by molar-refractivity contribution is 6.12. The minimum absolute atomic E-state index is 0.156. The number of hydrogen-bond donors (Lipinski definition) is 0. The lowest BCUT2D eigenvalue weighted by atomic mass is 9.43. The standard InChI is InChI=1S/C52H40N2/c1-2-10-38(11-3-1)53-48-16-8-5-13-42(48)44-29-34(18-22-50(44)53)35-19-23-51-45(30-35)43-14-6-9-17-49(43)54(51)39-20-21-41-40-12-4-7-15-46(40)52(47(41)31-39)36-25-32-24-33(27-36)28-37(52)26-32/h1-23,29-33,36-37H,24-28H2. The molecule has 0 amide bonds. The number of nitrogens with zero attached hydrogens (tertiary/aromatic N) is 2. The van der Waals surface area contributed by atoms with Crippen molar-refractivity contribution in [2.75, 3.05) is 0 Å². The van der Waals surface area contributed by atoms with Crippen molar-refractivity contribution in [1.29, 1.82) is 0 Å². The predicted molar refractivity (Wildman–Crippen MR) is 224 cm³/mol. The van der Waals surface area contributed by atoms with Gasteiger partial charge in [0.2, 0.25) is 0 Å². The van der Waals surface area contributed by atoms with Crippen LogP contribution >= 0.6 is 0 Å². The second-order valence-corrected chi connectivity index (χ2v) is 17.0. The summed E-state index contributed by atoms with van der Waals surface area (Å²) >= 11 is 0. The van der Waals surface area contributed by atoms with Crippen LogP contribution in [-0.4, -0.2) is 9.13 Å². The van der Waals surface area contributed by atoms with Crippen molar-refractivity contribution >= 4 is 43.6 Å². The van der Waals surface area contributed by atoms with Gasteiger partial charge in [-0.3, -0.25) is 0 Å². The Bertz CT molecular complexity index is 2980. The molecule has 1 spiro atoms. The van der Waals surface area contributed by atoms with Crippen molar-refractivity contribution in [1.82, 2.24) is 9.13 Å². The molecule has 0 atom stereocenters. The second-order valence-electron chi connectivity index (χ2n) is 17.0. The van der Waals surface area contributed by atoms with E-state index in [0.717, 1.165) is 23.7 Å². The summed E-state index contributed by atoms with van der Waals surface area (Å²) in [6, 6.07) is 59.8. The Kier molecular flexibility index (Phi) is 5.83. The number of rotatable bonds is 3. The molecule has 7 aromatic carbocycles. The number of aromatic nitrogens is 2. The zero-order valence-corrected chi connectivity index (χ0v) is 30.3. The van der Waals surface area contributed by atoms with Gasteiger partial charge >= 0.3 is 0 Å². The maximum atomic E-state index is 2.63. The lowest BCUT2D eigenvalue weighted by Crippen LogP contribution is -2.55. The molecule has 0 aliphatic heterocycles. The molecule has 2 heterocycles. The Labute approximate surface area is 315 Å². The molecule has 9 aromatic rings.